The number of rotatable bonds is 6. The van der Waals surface area contributed by atoms with Crippen molar-refractivity contribution in [3.63, 3.8) is 0 Å². The smallest absolute Gasteiger partial charge is 0.226 e. The summed E-state index contributed by atoms with van der Waals surface area (Å²) < 4.78 is 0. The van der Waals surface area contributed by atoms with Crippen molar-refractivity contribution in [1.29, 1.82) is 5.26 Å². The van der Waals surface area contributed by atoms with Gasteiger partial charge in [-0.05, 0) is 41.8 Å². The van der Waals surface area contributed by atoms with Gasteiger partial charge in [-0.25, -0.2) is 0 Å². The van der Waals surface area contributed by atoms with E-state index in [0.717, 1.165) is 5.69 Å². The van der Waals surface area contributed by atoms with Crippen molar-refractivity contribution in [2.24, 2.45) is 0 Å². The number of nitriles is 1. The van der Waals surface area contributed by atoms with Gasteiger partial charge in [0.25, 0.3) is 0 Å². The second-order valence-electron chi connectivity index (χ2n) is 6.41. The standard InChI is InChI=1S/C21H23N3O2/c1-15(2)18-7-9-20(10-8-18)24(16(3)25)12-11-21(26)23-19-6-4-5-17(13-19)14-22/h4-10,13,15H,11-12H2,1-3H3,(H,23,26). The van der Waals surface area contributed by atoms with Crippen molar-refractivity contribution in [2.45, 2.75) is 33.1 Å². The van der Waals surface area contributed by atoms with Crippen molar-refractivity contribution in [1.82, 2.24) is 0 Å². The molecule has 2 rings (SSSR count). The summed E-state index contributed by atoms with van der Waals surface area (Å²) in [5, 5.41) is 11.7. The molecule has 5 heteroatoms. The Bertz CT molecular complexity index is 820. The van der Waals surface area contributed by atoms with E-state index in [1.165, 1.54) is 12.5 Å². The van der Waals surface area contributed by atoms with Gasteiger partial charge in [0, 0.05) is 31.3 Å². The summed E-state index contributed by atoms with van der Waals surface area (Å²) in [7, 11) is 0. The van der Waals surface area contributed by atoms with Gasteiger partial charge in [0.2, 0.25) is 11.8 Å². The van der Waals surface area contributed by atoms with E-state index in [-0.39, 0.29) is 18.2 Å². The maximum atomic E-state index is 12.2. The van der Waals surface area contributed by atoms with Gasteiger partial charge >= 0.3 is 0 Å². The quantitative estimate of drug-likeness (QED) is 0.854. The van der Waals surface area contributed by atoms with Crippen molar-refractivity contribution in [2.75, 3.05) is 16.8 Å². The molecule has 0 fully saturated rings. The molecular formula is C21H23N3O2. The molecule has 0 bridgehead atoms. The Morgan fingerprint density at radius 2 is 1.85 bits per heavy atom. The molecule has 2 aromatic rings. The third-order valence-electron chi connectivity index (χ3n) is 4.09. The average molecular weight is 349 g/mol. The molecule has 134 valence electrons. The third-order valence-corrected chi connectivity index (χ3v) is 4.09. The highest BCUT2D eigenvalue weighted by Crippen LogP contribution is 2.20. The number of nitrogens with one attached hydrogen (secondary N) is 1. The molecule has 0 aliphatic rings. The molecule has 0 heterocycles. The Kier molecular flexibility index (Phi) is 6.51. The first-order valence-electron chi connectivity index (χ1n) is 8.58. The Morgan fingerprint density at radius 1 is 1.15 bits per heavy atom. The van der Waals surface area contributed by atoms with Gasteiger partial charge in [-0.1, -0.05) is 32.0 Å². The highest BCUT2D eigenvalue weighted by atomic mass is 16.2. The van der Waals surface area contributed by atoms with E-state index in [1.54, 1.807) is 29.2 Å². The van der Waals surface area contributed by atoms with Crippen molar-refractivity contribution in [3.05, 3.63) is 59.7 Å². The zero-order valence-corrected chi connectivity index (χ0v) is 15.3. The monoisotopic (exact) mass is 349 g/mol. The molecule has 0 aromatic heterocycles. The Labute approximate surface area is 154 Å². The van der Waals surface area contributed by atoms with E-state index in [1.807, 2.05) is 30.3 Å². The van der Waals surface area contributed by atoms with E-state index >= 15 is 0 Å². The minimum absolute atomic E-state index is 0.110. The van der Waals surface area contributed by atoms with Gasteiger partial charge in [-0.2, -0.15) is 5.26 Å². The van der Waals surface area contributed by atoms with Crippen LogP contribution in [0.1, 0.15) is 44.2 Å². The molecule has 0 saturated heterocycles. The molecular weight excluding hydrogens is 326 g/mol. The molecule has 5 nitrogen and oxygen atoms in total. The minimum Gasteiger partial charge on any atom is -0.326 e. The van der Waals surface area contributed by atoms with Crippen LogP contribution < -0.4 is 10.2 Å². The highest BCUT2D eigenvalue weighted by Gasteiger charge is 2.14. The van der Waals surface area contributed by atoms with Crippen LogP contribution in [0.3, 0.4) is 0 Å². The Morgan fingerprint density at radius 3 is 2.42 bits per heavy atom. The largest absolute Gasteiger partial charge is 0.326 e. The van der Waals surface area contributed by atoms with Crippen molar-refractivity contribution in [3.8, 4) is 6.07 Å². The van der Waals surface area contributed by atoms with E-state index in [4.69, 9.17) is 5.26 Å². The number of nitrogens with zero attached hydrogens (tertiary/aromatic N) is 2. The fraction of sp³-hybridized carbons (Fsp3) is 0.286. The number of carbonyl (C=O) groups excluding carboxylic acids is 2. The number of hydrogen-bond donors (Lipinski definition) is 1. The predicted molar refractivity (Wildman–Crippen MR) is 103 cm³/mol. The lowest BCUT2D eigenvalue weighted by Crippen LogP contribution is -2.31. The fourth-order valence-corrected chi connectivity index (χ4v) is 2.61. The van der Waals surface area contributed by atoms with Crippen LogP contribution >= 0.6 is 0 Å². The number of hydrogen-bond acceptors (Lipinski definition) is 3. The Hall–Kier alpha value is -3.13. The summed E-state index contributed by atoms with van der Waals surface area (Å²) in [6.07, 6.45) is 0.169. The molecule has 0 aliphatic carbocycles. The highest BCUT2D eigenvalue weighted by molar-refractivity contribution is 5.94. The molecule has 0 spiro atoms. The van der Waals surface area contributed by atoms with Crippen LogP contribution in [-0.4, -0.2) is 18.4 Å². The topological polar surface area (TPSA) is 73.2 Å². The minimum atomic E-state index is -0.204. The number of carbonyl (C=O) groups is 2. The third kappa shape index (κ3) is 5.18. The molecule has 0 atom stereocenters. The number of anilines is 2. The second-order valence-corrected chi connectivity index (χ2v) is 6.41. The first-order chi connectivity index (χ1) is 12.4. The fourth-order valence-electron chi connectivity index (χ4n) is 2.61. The number of benzene rings is 2. The normalized spacial score (nSPS) is 10.3. The average Bonchev–Trinajstić information content (AvgIpc) is 2.62. The van der Waals surface area contributed by atoms with Gasteiger partial charge in [0.15, 0.2) is 0 Å². The van der Waals surface area contributed by atoms with Crippen LogP contribution in [0, 0.1) is 11.3 Å². The maximum Gasteiger partial charge on any atom is 0.226 e. The molecule has 0 aliphatic heterocycles. The van der Waals surface area contributed by atoms with Gasteiger partial charge < -0.3 is 10.2 Å². The van der Waals surface area contributed by atoms with Crippen LogP contribution in [0.5, 0.6) is 0 Å². The van der Waals surface area contributed by atoms with E-state index < -0.39 is 0 Å². The maximum absolute atomic E-state index is 12.2. The lowest BCUT2D eigenvalue weighted by atomic mass is 10.0. The lowest BCUT2D eigenvalue weighted by Gasteiger charge is -2.21. The van der Waals surface area contributed by atoms with E-state index in [0.29, 0.717) is 23.7 Å². The van der Waals surface area contributed by atoms with Crippen molar-refractivity contribution < 1.29 is 9.59 Å². The van der Waals surface area contributed by atoms with Crippen LogP contribution in [0.2, 0.25) is 0 Å². The second kappa shape index (κ2) is 8.82. The molecule has 2 aromatic carbocycles. The summed E-state index contributed by atoms with van der Waals surface area (Å²) >= 11 is 0. The predicted octanol–water partition coefficient (Wildman–Crippen LogP) is 4.06. The SMILES string of the molecule is CC(=O)N(CCC(=O)Nc1cccc(C#N)c1)c1ccc(C(C)C)cc1. The summed E-state index contributed by atoms with van der Waals surface area (Å²) in [4.78, 5) is 25.8. The van der Waals surface area contributed by atoms with Gasteiger partial charge in [0.05, 0.1) is 11.6 Å². The summed E-state index contributed by atoms with van der Waals surface area (Å²) in [5.74, 6) is 0.108. The molecule has 0 saturated carbocycles. The molecule has 26 heavy (non-hydrogen) atoms. The van der Waals surface area contributed by atoms with Gasteiger partial charge in [-0.3, -0.25) is 9.59 Å². The molecule has 0 radical (unpaired) electrons. The summed E-state index contributed by atoms with van der Waals surface area (Å²) in [6, 6.07) is 16.6. The lowest BCUT2D eigenvalue weighted by molar-refractivity contribution is -0.117. The zero-order valence-electron chi connectivity index (χ0n) is 15.3. The molecule has 1 N–H and O–H groups in total. The summed E-state index contributed by atoms with van der Waals surface area (Å²) in [5.41, 5.74) is 3.04. The van der Waals surface area contributed by atoms with Crippen LogP contribution in [-0.2, 0) is 9.59 Å². The van der Waals surface area contributed by atoms with Crippen molar-refractivity contribution >= 4 is 23.2 Å². The van der Waals surface area contributed by atoms with Crippen LogP contribution in [0.25, 0.3) is 0 Å². The first kappa shape index (κ1) is 19.2. The molecule has 2 amide bonds. The number of amides is 2. The van der Waals surface area contributed by atoms with Gasteiger partial charge in [-0.15, -0.1) is 0 Å². The summed E-state index contributed by atoms with van der Waals surface area (Å²) in [6.45, 7) is 6.01. The van der Waals surface area contributed by atoms with Gasteiger partial charge in [0.1, 0.15) is 0 Å². The van der Waals surface area contributed by atoms with E-state index in [9.17, 15) is 9.59 Å². The van der Waals surface area contributed by atoms with E-state index in [2.05, 4.69) is 19.2 Å². The van der Waals surface area contributed by atoms with Crippen LogP contribution in [0.4, 0.5) is 11.4 Å². The Balaban J connectivity index is 2.00. The van der Waals surface area contributed by atoms with Crippen LogP contribution in [0.15, 0.2) is 48.5 Å². The molecule has 0 unspecified atom stereocenters. The first-order valence-corrected chi connectivity index (χ1v) is 8.58. The zero-order chi connectivity index (χ0) is 19.1.